The molecule has 20 heavy (non-hydrogen) atoms. The molecule has 2 nitrogen and oxygen atoms in total. The lowest BCUT2D eigenvalue weighted by molar-refractivity contribution is 0.385. The van der Waals surface area contributed by atoms with E-state index < -0.39 is 0 Å². The van der Waals surface area contributed by atoms with Gasteiger partial charge in [0.05, 0.1) is 0 Å². The summed E-state index contributed by atoms with van der Waals surface area (Å²) in [5, 5.41) is 9.85. The van der Waals surface area contributed by atoms with Crippen molar-refractivity contribution in [2.75, 3.05) is 14.1 Å². The standard InChI is InChI=1S/C18H31NO/c1-15(2)9-7-5-6-8-10-16-11-12-18(20)17(13-16)14-19(3)4/h11-13,15,20H,5-10,14H2,1-4H3. The zero-order valence-corrected chi connectivity index (χ0v) is 13.7. The number of hydrogen-bond acceptors (Lipinski definition) is 2. The maximum absolute atomic E-state index is 9.85. The first kappa shape index (κ1) is 17.0. The van der Waals surface area contributed by atoms with Gasteiger partial charge in [-0.3, -0.25) is 0 Å². The van der Waals surface area contributed by atoms with E-state index in [1.807, 2.05) is 20.2 Å². The van der Waals surface area contributed by atoms with Gasteiger partial charge in [0, 0.05) is 12.1 Å². The molecule has 0 fully saturated rings. The summed E-state index contributed by atoms with van der Waals surface area (Å²) in [4.78, 5) is 2.09. The van der Waals surface area contributed by atoms with Crippen LogP contribution in [-0.4, -0.2) is 24.1 Å². The van der Waals surface area contributed by atoms with Gasteiger partial charge in [0.2, 0.25) is 0 Å². The Balaban J connectivity index is 2.33. The molecule has 0 aromatic heterocycles. The molecule has 0 unspecified atom stereocenters. The number of phenols is 1. The normalized spacial score (nSPS) is 11.5. The molecule has 1 aromatic carbocycles. The molecule has 0 amide bonds. The number of rotatable bonds is 9. The Labute approximate surface area is 124 Å². The van der Waals surface area contributed by atoms with Gasteiger partial charge in [-0.1, -0.05) is 51.7 Å². The maximum atomic E-state index is 9.85. The van der Waals surface area contributed by atoms with Gasteiger partial charge >= 0.3 is 0 Å². The number of aromatic hydroxyl groups is 1. The Kier molecular flexibility index (Phi) is 7.68. The number of aryl methyl sites for hydroxylation is 1. The average molecular weight is 277 g/mol. The average Bonchev–Trinajstić information content (AvgIpc) is 2.36. The van der Waals surface area contributed by atoms with E-state index in [0.717, 1.165) is 24.4 Å². The maximum Gasteiger partial charge on any atom is 0.120 e. The number of unbranched alkanes of at least 4 members (excludes halogenated alkanes) is 3. The van der Waals surface area contributed by atoms with Crippen LogP contribution >= 0.6 is 0 Å². The molecule has 0 aliphatic heterocycles. The topological polar surface area (TPSA) is 23.5 Å². The van der Waals surface area contributed by atoms with Crippen molar-refractivity contribution in [3.63, 3.8) is 0 Å². The predicted molar refractivity (Wildman–Crippen MR) is 87.1 cm³/mol. The number of benzene rings is 1. The molecule has 1 aromatic rings. The van der Waals surface area contributed by atoms with Crippen LogP contribution < -0.4 is 0 Å². The van der Waals surface area contributed by atoms with E-state index >= 15 is 0 Å². The van der Waals surface area contributed by atoms with Crippen molar-refractivity contribution in [1.82, 2.24) is 4.90 Å². The van der Waals surface area contributed by atoms with E-state index in [1.165, 1.54) is 37.7 Å². The molecular weight excluding hydrogens is 246 g/mol. The van der Waals surface area contributed by atoms with Crippen molar-refractivity contribution in [3.8, 4) is 5.75 Å². The lowest BCUT2D eigenvalue weighted by atomic mass is 10.0. The third-order valence-corrected chi connectivity index (χ3v) is 3.63. The molecule has 0 saturated heterocycles. The fraction of sp³-hybridized carbons (Fsp3) is 0.667. The second-order valence-corrected chi connectivity index (χ2v) is 6.55. The van der Waals surface area contributed by atoms with Crippen LogP contribution in [0.3, 0.4) is 0 Å². The molecule has 0 aliphatic carbocycles. The van der Waals surface area contributed by atoms with Crippen LogP contribution in [0, 0.1) is 5.92 Å². The van der Waals surface area contributed by atoms with E-state index in [-0.39, 0.29) is 0 Å². The zero-order valence-electron chi connectivity index (χ0n) is 13.7. The third kappa shape index (κ3) is 6.95. The van der Waals surface area contributed by atoms with Crippen LogP contribution in [0.1, 0.15) is 57.1 Å². The van der Waals surface area contributed by atoms with Crippen LogP contribution in [0.5, 0.6) is 5.75 Å². The van der Waals surface area contributed by atoms with Crippen LogP contribution in [0.2, 0.25) is 0 Å². The highest BCUT2D eigenvalue weighted by molar-refractivity contribution is 5.36. The molecule has 2 heteroatoms. The predicted octanol–water partition coefficient (Wildman–Crippen LogP) is 4.60. The van der Waals surface area contributed by atoms with Gasteiger partial charge in [-0.25, -0.2) is 0 Å². The molecule has 0 spiro atoms. The van der Waals surface area contributed by atoms with Crippen LogP contribution in [-0.2, 0) is 13.0 Å². The van der Waals surface area contributed by atoms with E-state index in [1.54, 1.807) is 0 Å². The summed E-state index contributed by atoms with van der Waals surface area (Å²) in [6.07, 6.45) is 7.76. The van der Waals surface area contributed by atoms with Gasteiger partial charge in [0.25, 0.3) is 0 Å². The Hall–Kier alpha value is -1.02. The Morgan fingerprint density at radius 3 is 2.40 bits per heavy atom. The van der Waals surface area contributed by atoms with Gasteiger partial charge < -0.3 is 10.0 Å². The molecule has 0 aliphatic rings. The van der Waals surface area contributed by atoms with E-state index in [9.17, 15) is 5.11 Å². The lowest BCUT2D eigenvalue weighted by Crippen LogP contribution is -2.11. The third-order valence-electron chi connectivity index (χ3n) is 3.63. The van der Waals surface area contributed by atoms with Gasteiger partial charge in [0.1, 0.15) is 5.75 Å². The highest BCUT2D eigenvalue weighted by Crippen LogP contribution is 2.21. The minimum absolute atomic E-state index is 0.416. The lowest BCUT2D eigenvalue weighted by Gasteiger charge is -2.12. The van der Waals surface area contributed by atoms with Gasteiger partial charge in [0.15, 0.2) is 0 Å². The number of phenolic OH excluding ortho intramolecular Hbond substituents is 1. The van der Waals surface area contributed by atoms with Gasteiger partial charge in [-0.15, -0.1) is 0 Å². The summed E-state index contributed by atoms with van der Waals surface area (Å²) in [5.41, 5.74) is 2.39. The molecular formula is C18H31NO. The van der Waals surface area contributed by atoms with Crippen LogP contribution in [0.25, 0.3) is 0 Å². The Morgan fingerprint density at radius 2 is 1.75 bits per heavy atom. The van der Waals surface area contributed by atoms with E-state index in [2.05, 4.69) is 30.9 Å². The van der Waals surface area contributed by atoms with Gasteiger partial charge in [-0.05, 0) is 44.5 Å². The second kappa shape index (κ2) is 9.02. The largest absolute Gasteiger partial charge is 0.508 e. The number of hydrogen-bond donors (Lipinski definition) is 1. The molecule has 1 N–H and O–H groups in total. The summed E-state index contributed by atoms with van der Waals surface area (Å²) < 4.78 is 0. The van der Waals surface area contributed by atoms with Crippen molar-refractivity contribution in [1.29, 1.82) is 0 Å². The quantitative estimate of drug-likeness (QED) is 0.667. The molecule has 1 rings (SSSR count). The Morgan fingerprint density at radius 1 is 1.05 bits per heavy atom. The SMILES string of the molecule is CC(C)CCCCCCc1ccc(O)c(CN(C)C)c1. The zero-order chi connectivity index (χ0) is 15.0. The van der Waals surface area contributed by atoms with E-state index in [0.29, 0.717) is 5.75 Å². The van der Waals surface area contributed by atoms with Crippen molar-refractivity contribution in [2.45, 2.75) is 58.9 Å². The summed E-state index contributed by atoms with van der Waals surface area (Å²) in [5.74, 6) is 1.25. The van der Waals surface area contributed by atoms with Crippen molar-refractivity contribution >= 4 is 0 Å². The highest BCUT2D eigenvalue weighted by Gasteiger charge is 2.04. The summed E-state index contributed by atoms with van der Waals surface area (Å²) >= 11 is 0. The first-order chi connectivity index (χ1) is 9.49. The fourth-order valence-electron chi connectivity index (χ4n) is 2.50. The molecule has 0 saturated carbocycles. The number of nitrogens with zero attached hydrogens (tertiary/aromatic N) is 1. The van der Waals surface area contributed by atoms with Crippen molar-refractivity contribution in [3.05, 3.63) is 29.3 Å². The monoisotopic (exact) mass is 277 g/mol. The van der Waals surface area contributed by atoms with E-state index in [4.69, 9.17) is 0 Å². The molecule has 0 atom stereocenters. The van der Waals surface area contributed by atoms with Crippen molar-refractivity contribution < 1.29 is 5.11 Å². The smallest absolute Gasteiger partial charge is 0.120 e. The molecule has 114 valence electrons. The summed E-state index contributed by atoms with van der Waals surface area (Å²) in [7, 11) is 4.06. The first-order valence-corrected chi connectivity index (χ1v) is 7.94. The van der Waals surface area contributed by atoms with Crippen LogP contribution in [0.4, 0.5) is 0 Å². The second-order valence-electron chi connectivity index (χ2n) is 6.55. The Bertz CT molecular complexity index is 385. The first-order valence-electron chi connectivity index (χ1n) is 7.94. The molecule has 0 heterocycles. The summed E-state index contributed by atoms with van der Waals surface area (Å²) in [6, 6.07) is 6.05. The van der Waals surface area contributed by atoms with Crippen LogP contribution in [0.15, 0.2) is 18.2 Å². The van der Waals surface area contributed by atoms with Crippen molar-refractivity contribution in [2.24, 2.45) is 5.92 Å². The summed E-state index contributed by atoms with van der Waals surface area (Å²) in [6.45, 7) is 5.39. The molecule has 0 radical (unpaired) electrons. The minimum Gasteiger partial charge on any atom is -0.508 e. The molecule has 0 bridgehead atoms. The minimum atomic E-state index is 0.416. The van der Waals surface area contributed by atoms with Gasteiger partial charge in [-0.2, -0.15) is 0 Å². The fourth-order valence-corrected chi connectivity index (χ4v) is 2.50. The highest BCUT2D eigenvalue weighted by atomic mass is 16.3.